The number of thioether (sulfide) groups is 1. The minimum absolute atomic E-state index is 0.000464. The first-order chi connectivity index (χ1) is 9.23. The predicted molar refractivity (Wildman–Crippen MR) is 67.7 cm³/mol. The number of benzene rings is 1. The first-order valence-corrected chi connectivity index (χ1v) is 7.10. The van der Waals surface area contributed by atoms with Crippen molar-refractivity contribution in [2.24, 2.45) is 0 Å². The van der Waals surface area contributed by atoms with Gasteiger partial charge in [0.25, 0.3) is 0 Å². The largest absolute Gasteiger partial charge is 0.446 e. The molecule has 0 aliphatic carbocycles. The molecule has 112 valence electrons. The van der Waals surface area contributed by atoms with Gasteiger partial charge in [-0.3, -0.25) is 4.79 Å². The molecule has 0 spiro atoms. The Morgan fingerprint density at radius 1 is 1.35 bits per heavy atom. The molecule has 0 fully saturated rings. The molecule has 1 rings (SSSR count). The van der Waals surface area contributed by atoms with Gasteiger partial charge in [-0.1, -0.05) is 15.9 Å². The van der Waals surface area contributed by atoms with Crippen molar-refractivity contribution >= 4 is 33.5 Å². The molecular weight excluding hydrogens is 371 g/mol. The molecule has 0 unspecified atom stereocenters. The van der Waals surface area contributed by atoms with Gasteiger partial charge in [-0.25, -0.2) is 0 Å². The van der Waals surface area contributed by atoms with Crippen molar-refractivity contribution in [3.05, 3.63) is 23.8 Å². The van der Waals surface area contributed by atoms with Crippen LogP contribution < -0.4 is 4.74 Å². The standard InChI is InChI=1S/C11H8BrF5O2S/c12-4-3-8(18)7-2-1-6(19-10(13)14)5-9(7)20-11(15,16)17/h1-2,5,10H,3-4H2. The summed E-state index contributed by atoms with van der Waals surface area (Å²) in [6.07, 6.45) is 0.000464. The van der Waals surface area contributed by atoms with Gasteiger partial charge in [0.15, 0.2) is 5.78 Å². The minimum Gasteiger partial charge on any atom is -0.435 e. The molecule has 0 saturated carbocycles. The Kier molecular flexibility index (Phi) is 6.25. The monoisotopic (exact) mass is 378 g/mol. The van der Waals surface area contributed by atoms with Crippen LogP contribution in [-0.2, 0) is 0 Å². The maximum absolute atomic E-state index is 12.4. The molecule has 0 saturated heterocycles. The van der Waals surface area contributed by atoms with Gasteiger partial charge in [-0.2, -0.15) is 22.0 Å². The molecule has 0 aromatic heterocycles. The van der Waals surface area contributed by atoms with E-state index in [1.165, 1.54) is 0 Å². The molecule has 9 heteroatoms. The molecule has 0 atom stereocenters. The van der Waals surface area contributed by atoms with Gasteiger partial charge < -0.3 is 4.74 Å². The number of alkyl halides is 6. The van der Waals surface area contributed by atoms with Gasteiger partial charge in [0.05, 0.1) is 0 Å². The van der Waals surface area contributed by atoms with E-state index in [9.17, 15) is 26.7 Å². The zero-order valence-corrected chi connectivity index (χ0v) is 12.1. The van der Waals surface area contributed by atoms with Gasteiger partial charge in [0.2, 0.25) is 0 Å². The summed E-state index contributed by atoms with van der Waals surface area (Å²) in [4.78, 5) is 11.2. The van der Waals surface area contributed by atoms with Crippen molar-refractivity contribution in [2.75, 3.05) is 5.33 Å². The third-order valence-electron chi connectivity index (χ3n) is 2.03. The van der Waals surface area contributed by atoms with E-state index in [-0.39, 0.29) is 17.3 Å². The summed E-state index contributed by atoms with van der Waals surface area (Å²) < 4.78 is 65.4. The van der Waals surface area contributed by atoms with Crippen LogP contribution in [0.15, 0.2) is 23.1 Å². The van der Waals surface area contributed by atoms with E-state index in [0.717, 1.165) is 18.2 Å². The van der Waals surface area contributed by atoms with Crippen LogP contribution in [0.5, 0.6) is 5.75 Å². The number of halogens is 6. The maximum atomic E-state index is 12.4. The quantitative estimate of drug-likeness (QED) is 0.305. The van der Waals surface area contributed by atoms with Crippen molar-refractivity contribution in [3.8, 4) is 5.75 Å². The molecule has 0 aliphatic heterocycles. The lowest BCUT2D eigenvalue weighted by Gasteiger charge is -2.12. The lowest BCUT2D eigenvalue weighted by atomic mass is 10.1. The summed E-state index contributed by atoms with van der Waals surface area (Å²) in [7, 11) is 0. The highest BCUT2D eigenvalue weighted by Crippen LogP contribution is 2.40. The molecule has 0 radical (unpaired) electrons. The van der Waals surface area contributed by atoms with Crippen LogP contribution in [0.1, 0.15) is 16.8 Å². The number of hydrogen-bond acceptors (Lipinski definition) is 3. The molecule has 0 bridgehead atoms. The first kappa shape index (κ1) is 17.2. The Bertz CT molecular complexity index is 478. The second-order valence-electron chi connectivity index (χ2n) is 3.45. The van der Waals surface area contributed by atoms with E-state index < -0.39 is 40.3 Å². The predicted octanol–water partition coefficient (Wildman–Crippen LogP) is 4.87. The second-order valence-corrected chi connectivity index (χ2v) is 5.35. The Balaban J connectivity index is 3.12. The fourth-order valence-electron chi connectivity index (χ4n) is 1.34. The van der Waals surface area contributed by atoms with Crippen LogP contribution in [0.25, 0.3) is 0 Å². The smallest absolute Gasteiger partial charge is 0.435 e. The summed E-state index contributed by atoms with van der Waals surface area (Å²) in [5.74, 6) is -0.945. The zero-order valence-electron chi connectivity index (χ0n) is 9.72. The van der Waals surface area contributed by atoms with Gasteiger partial charge in [0.1, 0.15) is 5.75 Å². The van der Waals surface area contributed by atoms with Crippen molar-refractivity contribution in [1.82, 2.24) is 0 Å². The minimum atomic E-state index is -4.63. The molecule has 20 heavy (non-hydrogen) atoms. The summed E-state index contributed by atoms with van der Waals surface area (Å²) in [6, 6.07) is 2.87. The van der Waals surface area contributed by atoms with Crippen LogP contribution in [0.3, 0.4) is 0 Å². The summed E-state index contributed by atoms with van der Waals surface area (Å²) in [6.45, 7) is -3.15. The highest BCUT2D eigenvalue weighted by atomic mass is 79.9. The average Bonchev–Trinajstić information content (AvgIpc) is 2.26. The number of ketones is 1. The van der Waals surface area contributed by atoms with Crippen LogP contribution in [0, 0.1) is 0 Å². The molecule has 0 heterocycles. The molecule has 0 N–H and O–H groups in total. The Hall–Kier alpha value is -0.830. The van der Waals surface area contributed by atoms with Crippen molar-refractivity contribution < 1.29 is 31.5 Å². The van der Waals surface area contributed by atoms with Crippen molar-refractivity contribution in [3.63, 3.8) is 0 Å². The summed E-state index contributed by atoms with van der Waals surface area (Å²) >= 11 is 2.47. The first-order valence-electron chi connectivity index (χ1n) is 5.16. The lowest BCUT2D eigenvalue weighted by Crippen LogP contribution is -2.08. The van der Waals surface area contributed by atoms with E-state index in [1.807, 2.05) is 0 Å². The van der Waals surface area contributed by atoms with Crippen molar-refractivity contribution in [2.45, 2.75) is 23.4 Å². The second kappa shape index (κ2) is 7.26. The Labute approximate surface area is 123 Å². The molecule has 2 nitrogen and oxygen atoms in total. The van der Waals surface area contributed by atoms with Gasteiger partial charge >= 0.3 is 12.1 Å². The third-order valence-corrected chi connectivity index (χ3v) is 3.21. The number of rotatable bonds is 6. The fourth-order valence-corrected chi connectivity index (χ4v) is 2.42. The van der Waals surface area contributed by atoms with Crippen LogP contribution in [-0.4, -0.2) is 23.2 Å². The van der Waals surface area contributed by atoms with E-state index in [4.69, 9.17) is 0 Å². The average molecular weight is 379 g/mol. The molecule has 0 amide bonds. The molecule has 1 aromatic carbocycles. The molecular formula is C11H8BrF5O2S. The van der Waals surface area contributed by atoms with E-state index in [0.29, 0.717) is 0 Å². The van der Waals surface area contributed by atoms with Gasteiger partial charge in [-0.15, -0.1) is 0 Å². The van der Waals surface area contributed by atoms with E-state index >= 15 is 0 Å². The van der Waals surface area contributed by atoms with Gasteiger partial charge in [0, 0.05) is 22.2 Å². The Morgan fingerprint density at radius 3 is 2.50 bits per heavy atom. The van der Waals surface area contributed by atoms with Crippen LogP contribution in [0.4, 0.5) is 22.0 Å². The van der Waals surface area contributed by atoms with E-state index in [1.54, 1.807) is 0 Å². The van der Waals surface area contributed by atoms with E-state index in [2.05, 4.69) is 20.7 Å². The van der Waals surface area contributed by atoms with Crippen LogP contribution >= 0.6 is 27.7 Å². The molecule has 0 aliphatic rings. The third kappa shape index (κ3) is 5.66. The highest BCUT2D eigenvalue weighted by molar-refractivity contribution is 9.09. The number of carbonyl (C=O) groups excluding carboxylic acids is 1. The number of ether oxygens (including phenoxy) is 1. The summed E-state index contributed by atoms with van der Waals surface area (Å²) in [5.41, 5.74) is -4.80. The number of carbonyl (C=O) groups is 1. The van der Waals surface area contributed by atoms with Crippen molar-refractivity contribution in [1.29, 1.82) is 0 Å². The fraction of sp³-hybridized carbons (Fsp3) is 0.364. The lowest BCUT2D eigenvalue weighted by molar-refractivity contribution is -0.0499. The maximum Gasteiger partial charge on any atom is 0.446 e. The SMILES string of the molecule is O=C(CCBr)c1ccc(OC(F)F)cc1SC(F)(F)F. The highest BCUT2D eigenvalue weighted by Gasteiger charge is 2.31. The summed E-state index contributed by atoms with van der Waals surface area (Å²) in [5, 5.41) is 0.289. The normalized spacial score (nSPS) is 11.8. The topological polar surface area (TPSA) is 26.3 Å². The van der Waals surface area contributed by atoms with Crippen LogP contribution in [0.2, 0.25) is 0 Å². The van der Waals surface area contributed by atoms with Gasteiger partial charge in [-0.05, 0) is 30.0 Å². The molecule has 1 aromatic rings. The Morgan fingerprint density at radius 2 is 2.00 bits per heavy atom. The number of Topliss-reactive ketones (excluding diaryl/α,β-unsaturated/α-hetero) is 1. The number of hydrogen-bond donors (Lipinski definition) is 0. The zero-order chi connectivity index (χ0) is 15.3.